The van der Waals surface area contributed by atoms with Crippen molar-refractivity contribution in [3.63, 3.8) is 0 Å². The number of hydrogen-bond acceptors (Lipinski definition) is 5. The number of H-pyrrole nitrogens is 1. The molecule has 4 heterocycles. The Hall–Kier alpha value is -2.23. The maximum atomic E-state index is 12.7. The second-order valence-corrected chi connectivity index (χ2v) is 8.63. The van der Waals surface area contributed by atoms with Crippen LogP contribution in [0.15, 0.2) is 34.6 Å². The fourth-order valence-corrected chi connectivity index (χ4v) is 4.90. The second kappa shape index (κ2) is 6.98. The molecular formula is C18H11ClF3N3OS2. The summed E-state index contributed by atoms with van der Waals surface area (Å²) in [5.74, 6) is 0.294. The number of thiophene rings is 2. The predicted octanol–water partition coefficient (Wildman–Crippen LogP) is 5.68. The Labute approximate surface area is 169 Å². The van der Waals surface area contributed by atoms with Crippen LogP contribution in [0.2, 0.25) is 5.02 Å². The molecule has 0 aliphatic heterocycles. The number of nitrogens with zero attached hydrogens (tertiary/aromatic N) is 2. The van der Waals surface area contributed by atoms with Crippen LogP contribution in [0, 0.1) is 6.92 Å². The minimum atomic E-state index is -4.52. The summed E-state index contributed by atoms with van der Waals surface area (Å²) in [6.07, 6.45) is -3.78. The Morgan fingerprint density at radius 1 is 1.29 bits per heavy atom. The number of aromatic nitrogens is 3. The molecule has 0 unspecified atom stereocenters. The fraction of sp³-hybridized carbons (Fsp3) is 0.167. The van der Waals surface area contributed by atoms with Crippen molar-refractivity contribution in [2.45, 2.75) is 19.5 Å². The SMILES string of the molecule is Cc1ccc(-c2csc3nc(Cc4ncc(C(F)(F)F)cc4Cl)[nH]c(=O)c23)s1. The van der Waals surface area contributed by atoms with Crippen LogP contribution >= 0.6 is 34.3 Å². The van der Waals surface area contributed by atoms with E-state index in [0.29, 0.717) is 16.0 Å². The standard InChI is InChI=1S/C18H11ClF3N3OS2/c1-8-2-3-13(28-8)10-7-27-17-15(10)16(26)24-14(25-17)5-12-11(19)4-9(6-23-12)18(20,21)22/h2-4,6-7H,5H2,1H3,(H,24,25,26). The lowest BCUT2D eigenvalue weighted by molar-refractivity contribution is -0.137. The third-order valence-electron chi connectivity index (χ3n) is 4.08. The highest BCUT2D eigenvalue weighted by Crippen LogP contribution is 2.35. The number of hydrogen-bond donors (Lipinski definition) is 1. The smallest absolute Gasteiger partial charge is 0.310 e. The first-order chi connectivity index (χ1) is 13.2. The van der Waals surface area contributed by atoms with Crippen LogP contribution < -0.4 is 5.56 Å². The van der Waals surface area contributed by atoms with Crippen molar-refractivity contribution in [1.29, 1.82) is 0 Å². The highest BCUT2D eigenvalue weighted by Gasteiger charge is 2.31. The van der Waals surface area contributed by atoms with Crippen molar-refractivity contribution in [3.05, 3.63) is 67.1 Å². The van der Waals surface area contributed by atoms with E-state index >= 15 is 0 Å². The van der Waals surface area contributed by atoms with E-state index in [9.17, 15) is 18.0 Å². The molecule has 4 nitrogen and oxygen atoms in total. The molecule has 0 aliphatic rings. The van der Waals surface area contributed by atoms with Crippen molar-refractivity contribution < 1.29 is 13.2 Å². The van der Waals surface area contributed by atoms with E-state index < -0.39 is 11.7 Å². The molecule has 0 saturated carbocycles. The van der Waals surface area contributed by atoms with E-state index in [2.05, 4.69) is 15.0 Å². The molecule has 144 valence electrons. The lowest BCUT2D eigenvalue weighted by atomic mass is 10.2. The van der Waals surface area contributed by atoms with Gasteiger partial charge in [0.2, 0.25) is 0 Å². The zero-order valence-corrected chi connectivity index (χ0v) is 16.6. The third-order valence-corrected chi connectivity index (χ3v) is 6.31. The lowest BCUT2D eigenvalue weighted by Crippen LogP contribution is -2.13. The van der Waals surface area contributed by atoms with Crippen LogP contribution in [0.4, 0.5) is 13.2 Å². The predicted molar refractivity (Wildman–Crippen MR) is 105 cm³/mol. The molecular weight excluding hydrogens is 431 g/mol. The Bertz CT molecular complexity index is 1240. The number of aromatic amines is 1. The summed E-state index contributed by atoms with van der Waals surface area (Å²) in [7, 11) is 0. The minimum Gasteiger partial charge on any atom is -0.310 e. The number of pyridine rings is 1. The molecule has 0 aromatic carbocycles. The van der Waals surface area contributed by atoms with E-state index in [1.165, 1.54) is 11.3 Å². The van der Waals surface area contributed by atoms with Crippen molar-refractivity contribution in [2.75, 3.05) is 0 Å². The molecule has 28 heavy (non-hydrogen) atoms. The van der Waals surface area contributed by atoms with E-state index in [1.54, 1.807) is 11.3 Å². The Kier molecular flexibility index (Phi) is 4.76. The average Bonchev–Trinajstić information content (AvgIpc) is 3.22. The van der Waals surface area contributed by atoms with Gasteiger partial charge in [-0.3, -0.25) is 9.78 Å². The Morgan fingerprint density at radius 2 is 2.07 bits per heavy atom. The molecule has 4 rings (SSSR count). The van der Waals surface area contributed by atoms with Crippen molar-refractivity contribution in [1.82, 2.24) is 15.0 Å². The fourth-order valence-electron chi connectivity index (χ4n) is 2.75. The summed E-state index contributed by atoms with van der Waals surface area (Å²) >= 11 is 8.88. The summed E-state index contributed by atoms with van der Waals surface area (Å²) in [6, 6.07) is 4.77. The van der Waals surface area contributed by atoms with Gasteiger partial charge in [-0.15, -0.1) is 22.7 Å². The second-order valence-electron chi connectivity index (χ2n) is 6.08. The molecule has 0 aliphatic carbocycles. The van der Waals surface area contributed by atoms with Crippen LogP contribution in [-0.4, -0.2) is 15.0 Å². The maximum absolute atomic E-state index is 12.7. The molecule has 4 aromatic heterocycles. The monoisotopic (exact) mass is 441 g/mol. The largest absolute Gasteiger partial charge is 0.417 e. The van der Waals surface area contributed by atoms with Gasteiger partial charge in [-0.1, -0.05) is 11.6 Å². The summed E-state index contributed by atoms with van der Waals surface area (Å²) in [5, 5.41) is 2.26. The summed E-state index contributed by atoms with van der Waals surface area (Å²) in [5.41, 5.74) is -0.190. The van der Waals surface area contributed by atoms with Crippen LogP contribution in [0.5, 0.6) is 0 Å². The molecule has 10 heteroatoms. The molecule has 0 radical (unpaired) electrons. The van der Waals surface area contributed by atoms with Crippen LogP contribution in [-0.2, 0) is 12.6 Å². The number of fused-ring (bicyclic) bond motifs is 1. The average molecular weight is 442 g/mol. The number of nitrogens with one attached hydrogen (secondary N) is 1. The van der Waals surface area contributed by atoms with Gasteiger partial charge < -0.3 is 4.98 Å². The van der Waals surface area contributed by atoms with Gasteiger partial charge in [0.05, 0.1) is 21.7 Å². The Balaban J connectivity index is 1.71. The van der Waals surface area contributed by atoms with Gasteiger partial charge in [0.25, 0.3) is 5.56 Å². The first-order valence-electron chi connectivity index (χ1n) is 8.01. The summed E-state index contributed by atoms with van der Waals surface area (Å²) < 4.78 is 38.2. The van der Waals surface area contributed by atoms with Gasteiger partial charge in [-0.2, -0.15) is 13.2 Å². The number of rotatable bonds is 3. The van der Waals surface area contributed by atoms with Gasteiger partial charge in [-0.25, -0.2) is 4.98 Å². The first kappa shape index (κ1) is 19.1. The minimum absolute atomic E-state index is 0.0213. The molecule has 0 saturated heterocycles. The van der Waals surface area contributed by atoms with Gasteiger partial charge in [0.15, 0.2) is 0 Å². The van der Waals surface area contributed by atoms with E-state index in [0.717, 1.165) is 27.6 Å². The summed E-state index contributed by atoms with van der Waals surface area (Å²) in [4.78, 5) is 26.3. The maximum Gasteiger partial charge on any atom is 0.417 e. The normalized spacial score (nSPS) is 12.0. The zero-order chi connectivity index (χ0) is 20.1. The number of halogens is 4. The molecule has 0 spiro atoms. The van der Waals surface area contributed by atoms with E-state index in [4.69, 9.17) is 11.6 Å². The molecule has 1 N–H and O–H groups in total. The highest BCUT2D eigenvalue weighted by atomic mass is 35.5. The van der Waals surface area contributed by atoms with Gasteiger partial charge >= 0.3 is 6.18 Å². The number of alkyl halides is 3. The molecule has 4 aromatic rings. The molecule has 0 fully saturated rings. The first-order valence-corrected chi connectivity index (χ1v) is 10.1. The molecule has 0 bridgehead atoms. The third kappa shape index (κ3) is 3.57. The highest BCUT2D eigenvalue weighted by molar-refractivity contribution is 7.19. The lowest BCUT2D eigenvalue weighted by Gasteiger charge is -2.09. The van der Waals surface area contributed by atoms with Crippen molar-refractivity contribution in [2.24, 2.45) is 0 Å². The number of aryl methyl sites for hydroxylation is 1. The van der Waals surface area contributed by atoms with Gasteiger partial charge in [-0.05, 0) is 25.1 Å². The van der Waals surface area contributed by atoms with E-state index in [1.807, 2.05) is 24.4 Å². The van der Waals surface area contributed by atoms with Gasteiger partial charge in [0.1, 0.15) is 10.7 Å². The van der Waals surface area contributed by atoms with Gasteiger partial charge in [0, 0.05) is 33.3 Å². The molecule has 0 amide bonds. The molecule has 0 atom stereocenters. The van der Waals surface area contributed by atoms with Crippen molar-refractivity contribution in [3.8, 4) is 10.4 Å². The van der Waals surface area contributed by atoms with Crippen molar-refractivity contribution >= 4 is 44.5 Å². The van der Waals surface area contributed by atoms with Crippen LogP contribution in [0.1, 0.15) is 22.0 Å². The van der Waals surface area contributed by atoms with Crippen LogP contribution in [0.3, 0.4) is 0 Å². The summed E-state index contributed by atoms with van der Waals surface area (Å²) in [6.45, 7) is 1.99. The Morgan fingerprint density at radius 3 is 2.71 bits per heavy atom. The quantitative estimate of drug-likeness (QED) is 0.445. The van der Waals surface area contributed by atoms with Crippen LogP contribution in [0.25, 0.3) is 20.7 Å². The zero-order valence-electron chi connectivity index (χ0n) is 14.2. The van der Waals surface area contributed by atoms with E-state index in [-0.39, 0.29) is 22.7 Å². The topological polar surface area (TPSA) is 58.6 Å².